The number of aliphatic hydroxyl groups is 1. The van der Waals surface area contributed by atoms with Gasteiger partial charge in [0.2, 0.25) is 0 Å². The van der Waals surface area contributed by atoms with Crippen LogP contribution < -0.4 is 5.32 Å². The summed E-state index contributed by atoms with van der Waals surface area (Å²) in [4.78, 5) is 13.0. The lowest BCUT2D eigenvalue weighted by molar-refractivity contribution is -0.104. The summed E-state index contributed by atoms with van der Waals surface area (Å²) in [6.45, 7) is 2.99. The molecule has 1 heterocycles. The smallest absolute Gasteiger partial charge is 0.407 e. The van der Waals surface area contributed by atoms with Crippen LogP contribution >= 0.6 is 0 Å². The largest absolute Gasteiger partial charge is 0.465 e. The molecule has 1 aliphatic carbocycles. The van der Waals surface area contributed by atoms with Crippen molar-refractivity contribution in [1.29, 1.82) is 0 Å². The molecule has 18 heavy (non-hydrogen) atoms. The molecular formula is C13H24N2O3. The second-order valence-electron chi connectivity index (χ2n) is 5.47. The summed E-state index contributed by atoms with van der Waals surface area (Å²) >= 11 is 0. The van der Waals surface area contributed by atoms with E-state index in [1.54, 1.807) is 0 Å². The Morgan fingerprint density at radius 1 is 1.39 bits per heavy atom. The number of rotatable bonds is 2. The van der Waals surface area contributed by atoms with Gasteiger partial charge in [-0.15, -0.1) is 0 Å². The zero-order valence-electron chi connectivity index (χ0n) is 11.1. The van der Waals surface area contributed by atoms with E-state index in [1.807, 2.05) is 6.92 Å². The van der Waals surface area contributed by atoms with E-state index in [4.69, 9.17) is 0 Å². The molecule has 0 aromatic rings. The van der Waals surface area contributed by atoms with Crippen molar-refractivity contribution in [3.8, 4) is 0 Å². The average molecular weight is 256 g/mol. The normalized spacial score (nSPS) is 34.6. The predicted molar refractivity (Wildman–Crippen MR) is 68.3 cm³/mol. The lowest BCUT2D eigenvalue weighted by Crippen LogP contribution is -2.71. The highest BCUT2D eigenvalue weighted by Gasteiger charge is 2.52. The summed E-state index contributed by atoms with van der Waals surface area (Å²) in [7, 11) is 0. The van der Waals surface area contributed by atoms with Crippen LogP contribution in [0, 0.1) is 5.92 Å². The van der Waals surface area contributed by atoms with Gasteiger partial charge in [-0.25, -0.2) is 4.79 Å². The second kappa shape index (κ2) is 5.45. The minimum absolute atomic E-state index is 0.273. The fourth-order valence-corrected chi connectivity index (χ4v) is 3.84. The highest BCUT2D eigenvalue weighted by Crippen LogP contribution is 2.41. The van der Waals surface area contributed by atoms with Crippen LogP contribution in [0.1, 0.15) is 45.4 Å². The van der Waals surface area contributed by atoms with Crippen molar-refractivity contribution in [2.75, 3.05) is 13.1 Å². The molecule has 0 bridgehead atoms. The Bertz CT molecular complexity index is 305. The van der Waals surface area contributed by atoms with Crippen LogP contribution in [-0.4, -0.2) is 46.1 Å². The van der Waals surface area contributed by atoms with Crippen LogP contribution in [0.3, 0.4) is 0 Å². The Hall–Kier alpha value is -0.810. The molecule has 1 aliphatic heterocycles. The van der Waals surface area contributed by atoms with Gasteiger partial charge in [0.25, 0.3) is 0 Å². The Morgan fingerprint density at radius 3 is 2.61 bits per heavy atom. The fourth-order valence-electron chi connectivity index (χ4n) is 3.84. The average Bonchev–Trinajstić information content (AvgIpc) is 2.39. The van der Waals surface area contributed by atoms with E-state index in [-0.39, 0.29) is 5.92 Å². The highest BCUT2D eigenvalue weighted by atomic mass is 16.4. The third-order valence-electron chi connectivity index (χ3n) is 4.76. The standard InChI is InChI=1S/C13H24N2O3/c1-2-13(10-6-4-3-5-7-10)11(16)14-8-9-15(13)12(17)18/h10-11,14,16H,2-9H2,1H3,(H,17,18). The van der Waals surface area contributed by atoms with E-state index in [0.29, 0.717) is 19.5 Å². The van der Waals surface area contributed by atoms with Gasteiger partial charge in [-0.1, -0.05) is 26.2 Å². The quantitative estimate of drug-likeness (QED) is 0.702. The Morgan fingerprint density at radius 2 is 2.06 bits per heavy atom. The second-order valence-corrected chi connectivity index (χ2v) is 5.47. The van der Waals surface area contributed by atoms with Crippen LogP contribution in [0.5, 0.6) is 0 Å². The van der Waals surface area contributed by atoms with Crippen molar-refractivity contribution in [2.24, 2.45) is 5.92 Å². The van der Waals surface area contributed by atoms with E-state index < -0.39 is 17.9 Å². The van der Waals surface area contributed by atoms with Crippen LogP contribution in [0.2, 0.25) is 0 Å². The first-order chi connectivity index (χ1) is 8.63. The summed E-state index contributed by atoms with van der Waals surface area (Å²) in [5, 5.41) is 22.9. The lowest BCUT2D eigenvalue weighted by atomic mass is 9.70. The van der Waals surface area contributed by atoms with Gasteiger partial charge in [-0.2, -0.15) is 0 Å². The molecule has 1 saturated carbocycles. The first kappa shape index (κ1) is 13.6. The molecule has 0 radical (unpaired) electrons. The summed E-state index contributed by atoms with van der Waals surface area (Å²) < 4.78 is 0. The SMILES string of the molecule is CCC1(C2CCCCC2)C(O)NCCN1C(=O)O. The van der Waals surface area contributed by atoms with Crippen molar-refractivity contribution >= 4 is 6.09 Å². The molecule has 2 unspecified atom stereocenters. The van der Waals surface area contributed by atoms with E-state index in [2.05, 4.69) is 5.32 Å². The molecule has 1 amide bonds. The van der Waals surface area contributed by atoms with Gasteiger partial charge < -0.3 is 10.2 Å². The van der Waals surface area contributed by atoms with Crippen LogP contribution in [0.15, 0.2) is 0 Å². The van der Waals surface area contributed by atoms with E-state index in [0.717, 1.165) is 25.7 Å². The van der Waals surface area contributed by atoms with Gasteiger partial charge in [0.15, 0.2) is 0 Å². The molecule has 2 fully saturated rings. The van der Waals surface area contributed by atoms with E-state index >= 15 is 0 Å². The zero-order valence-corrected chi connectivity index (χ0v) is 11.1. The molecule has 2 atom stereocenters. The first-order valence-corrected chi connectivity index (χ1v) is 7.05. The van der Waals surface area contributed by atoms with Gasteiger partial charge in [-0.05, 0) is 25.2 Å². The van der Waals surface area contributed by atoms with Crippen molar-refractivity contribution in [3.63, 3.8) is 0 Å². The fraction of sp³-hybridized carbons (Fsp3) is 0.923. The van der Waals surface area contributed by atoms with Crippen molar-refractivity contribution in [2.45, 2.75) is 57.2 Å². The molecular weight excluding hydrogens is 232 g/mol. The maximum absolute atomic E-state index is 11.5. The Kier molecular flexibility index (Phi) is 4.12. The number of hydrogen-bond acceptors (Lipinski definition) is 3. The highest BCUT2D eigenvalue weighted by molar-refractivity contribution is 5.66. The van der Waals surface area contributed by atoms with Crippen molar-refractivity contribution < 1.29 is 15.0 Å². The molecule has 0 spiro atoms. The topological polar surface area (TPSA) is 72.8 Å². The number of nitrogens with zero attached hydrogens (tertiary/aromatic N) is 1. The molecule has 2 rings (SSSR count). The van der Waals surface area contributed by atoms with Crippen molar-refractivity contribution in [3.05, 3.63) is 0 Å². The third-order valence-corrected chi connectivity index (χ3v) is 4.76. The van der Waals surface area contributed by atoms with Crippen LogP contribution in [0.4, 0.5) is 4.79 Å². The Labute approximate surface area is 108 Å². The molecule has 0 aromatic heterocycles. The van der Waals surface area contributed by atoms with Crippen LogP contribution in [0.25, 0.3) is 0 Å². The summed E-state index contributed by atoms with van der Waals surface area (Å²) in [5.41, 5.74) is -0.634. The number of nitrogens with one attached hydrogen (secondary N) is 1. The number of carboxylic acid groups (broad SMARTS) is 1. The number of hydrogen-bond donors (Lipinski definition) is 3. The number of carbonyl (C=O) groups is 1. The number of piperazine rings is 1. The summed E-state index contributed by atoms with van der Waals surface area (Å²) in [6.07, 6.45) is 4.59. The summed E-state index contributed by atoms with van der Waals surface area (Å²) in [6, 6.07) is 0. The maximum Gasteiger partial charge on any atom is 0.407 e. The molecule has 2 aliphatic rings. The van der Waals surface area contributed by atoms with E-state index in [1.165, 1.54) is 11.3 Å². The predicted octanol–water partition coefficient (Wildman–Crippen LogP) is 1.62. The molecule has 5 heteroatoms. The van der Waals surface area contributed by atoms with Gasteiger partial charge in [-0.3, -0.25) is 10.2 Å². The molecule has 104 valence electrons. The van der Waals surface area contributed by atoms with Gasteiger partial charge in [0.05, 0.1) is 5.54 Å². The van der Waals surface area contributed by atoms with Gasteiger partial charge in [0.1, 0.15) is 6.23 Å². The minimum Gasteiger partial charge on any atom is -0.465 e. The summed E-state index contributed by atoms with van der Waals surface area (Å²) in [5.74, 6) is 0.273. The monoisotopic (exact) mass is 256 g/mol. The van der Waals surface area contributed by atoms with Gasteiger partial charge in [0, 0.05) is 13.1 Å². The number of aliphatic hydroxyl groups excluding tert-OH is 1. The van der Waals surface area contributed by atoms with Gasteiger partial charge >= 0.3 is 6.09 Å². The number of amides is 1. The third kappa shape index (κ3) is 2.10. The van der Waals surface area contributed by atoms with Crippen molar-refractivity contribution in [1.82, 2.24) is 10.2 Å². The Balaban J connectivity index is 2.30. The zero-order chi connectivity index (χ0) is 13.2. The van der Waals surface area contributed by atoms with E-state index in [9.17, 15) is 15.0 Å². The molecule has 0 aromatic carbocycles. The maximum atomic E-state index is 11.5. The first-order valence-electron chi connectivity index (χ1n) is 7.05. The van der Waals surface area contributed by atoms with Crippen LogP contribution in [-0.2, 0) is 0 Å². The molecule has 5 nitrogen and oxygen atoms in total. The molecule has 3 N–H and O–H groups in total. The minimum atomic E-state index is -0.900. The molecule has 1 saturated heterocycles. The lowest BCUT2D eigenvalue weighted by Gasteiger charge is -2.54.